The van der Waals surface area contributed by atoms with E-state index in [0.717, 1.165) is 28.4 Å². The Morgan fingerprint density at radius 3 is 2.50 bits per heavy atom. The standard InChI is InChI=1S/C18H20N2O2/c1-4-21-15-7-8-16-17(10-15)20-18(19-16)11-22-14-6-5-12(2)13(3)9-14/h5-10H,4,11H2,1-3H3,(H,19,20). The Labute approximate surface area is 130 Å². The summed E-state index contributed by atoms with van der Waals surface area (Å²) >= 11 is 0. The molecular formula is C18H20N2O2. The fraction of sp³-hybridized carbons (Fsp3) is 0.278. The van der Waals surface area contributed by atoms with E-state index in [0.29, 0.717) is 13.2 Å². The van der Waals surface area contributed by atoms with E-state index in [4.69, 9.17) is 9.47 Å². The molecule has 1 heterocycles. The molecule has 4 nitrogen and oxygen atoms in total. The van der Waals surface area contributed by atoms with Crippen LogP contribution < -0.4 is 9.47 Å². The van der Waals surface area contributed by atoms with Gasteiger partial charge in [0.25, 0.3) is 0 Å². The average Bonchev–Trinajstić information content (AvgIpc) is 2.91. The molecule has 0 saturated heterocycles. The number of rotatable bonds is 5. The summed E-state index contributed by atoms with van der Waals surface area (Å²) in [6.45, 7) is 7.22. The zero-order chi connectivity index (χ0) is 15.5. The fourth-order valence-corrected chi connectivity index (χ4v) is 2.32. The van der Waals surface area contributed by atoms with Gasteiger partial charge in [-0.3, -0.25) is 0 Å². The number of H-pyrrole nitrogens is 1. The molecule has 0 bridgehead atoms. The van der Waals surface area contributed by atoms with E-state index >= 15 is 0 Å². The second-order valence-electron chi connectivity index (χ2n) is 5.33. The van der Waals surface area contributed by atoms with Gasteiger partial charge in [0, 0.05) is 6.07 Å². The molecule has 3 aromatic rings. The van der Waals surface area contributed by atoms with E-state index in [-0.39, 0.29) is 0 Å². The average molecular weight is 296 g/mol. The molecule has 0 aliphatic heterocycles. The Bertz CT molecular complexity index is 793. The van der Waals surface area contributed by atoms with E-state index in [9.17, 15) is 0 Å². The van der Waals surface area contributed by atoms with Gasteiger partial charge in [-0.2, -0.15) is 0 Å². The van der Waals surface area contributed by atoms with Gasteiger partial charge >= 0.3 is 0 Å². The molecule has 0 atom stereocenters. The van der Waals surface area contributed by atoms with Gasteiger partial charge in [0.2, 0.25) is 0 Å². The molecule has 114 valence electrons. The molecule has 0 aliphatic rings. The van der Waals surface area contributed by atoms with Crippen LogP contribution >= 0.6 is 0 Å². The van der Waals surface area contributed by atoms with Crippen LogP contribution in [-0.2, 0) is 6.61 Å². The number of benzene rings is 2. The second-order valence-corrected chi connectivity index (χ2v) is 5.33. The van der Waals surface area contributed by atoms with Crippen molar-refractivity contribution in [1.29, 1.82) is 0 Å². The maximum absolute atomic E-state index is 5.81. The van der Waals surface area contributed by atoms with Crippen LogP contribution in [0.3, 0.4) is 0 Å². The third-order valence-corrected chi connectivity index (χ3v) is 3.67. The highest BCUT2D eigenvalue weighted by molar-refractivity contribution is 5.76. The summed E-state index contributed by atoms with van der Waals surface area (Å²) in [5.41, 5.74) is 4.37. The minimum atomic E-state index is 0.418. The highest BCUT2D eigenvalue weighted by Crippen LogP contribution is 2.21. The van der Waals surface area contributed by atoms with Crippen LogP contribution in [0, 0.1) is 13.8 Å². The molecule has 0 spiro atoms. The Balaban J connectivity index is 1.74. The van der Waals surface area contributed by atoms with Crippen molar-refractivity contribution in [2.24, 2.45) is 0 Å². The van der Waals surface area contributed by atoms with E-state index < -0.39 is 0 Å². The quantitative estimate of drug-likeness (QED) is 0.769. The van der Waals surface area contributed by atoms with Gasteiger partial charge in [-0.15, -0.1) is 0 Å². The zero-order valence-electron chi connectivity index (χ0n) is 13.1. The molecular weight excluding hydrogens is 276 g/mol. The highest BCUT2D eigenvalue weighted by Gasteiger charge is 2.05. The van der Waals surface area contributed by atoms with Crippen molar-refractivity contribution in [3.8, 4) is 11.5 Å². The first-order valence-corrected chi connectivity index (χ1v) is 7.47. The summed E-state index contributed by atoms with van der Waals surface area (Å²) in [5.74, 6) is 2.51. The number of ether oxygens (including phenoxy) is 2. The minimum absolute atomic E-state index is 0.418. The number of nitrogens with zero attached hydrogens (tertiary/aromatic N) is 1. The molecule has 0 fully saturated rings. The van der Waals surface area contributed by atoms with Crippen molar-refractivity contribution < 1.29 is 9.47 Å². The van der Waals surface area contributed by atoms with Crippen LogP contribution in [0.4, 0.5) is 0 Å². The molecule has 3 rings (SSSR count). The normalized spacial score (nSPS) is 10.9. The predicted octanol–water partition coefficient (Wildman–Crippen LogP) is 4.16. The Morgan fingerprint density at radius 1 is 0.955 bits per heavy atom. The summed E-state index contributed by atoms with van der Waals surface area (Å²) in [4.78, 5) is 7.81. The maximum atomic E-state index is 5.81. The molecule has 0 aliphatic carbocycles. The Hall–Kier alpha value is -2.49. The largest absolute Gasteiger partial charge is 0.494 e. The number of aryl methyl sites for hydroxylation is 2. The second kappa shape index (κ2) is 6.10. The number of fused-ring (bicyclic) bond motifs is 1. The number of hydrogen-bond donors (Lipinski definition) is 1. The lowest BCUT2D eigenvalue weighted by atomic mass is 10.1. The monoisotopic (exact) mass is 296 g/mol. The molecule has 0 amide bonds. The van der Waals surface area contributed by atoms with Crippen molar-refractivity contribution in [1.82, 2.24) is 9.97 Å². The van der Waals surface area contributed by atoms with Crippen molar-refractivity contribution in [3.05, 3.63) is 53.3 Å². The van der Waals surface area contributed by atoms with Gasteiger partial charge in [0.1, 0.15) is 23.9 Å². The third kappa shape index (κ3) is 3.06. The molecule has 0 radical (unpaired) electrons. The van der Waals surface area contributed by atoms with Crippen molar-refractivity contribution in [3.63, 3.8) is 0 Å². The van der Waals surface area contributed by atoms with Gasteiger partial charge in [-0.05, 0) is 56.2 Å². The van der Waals surface area contributed by atoms with Crippen LogP contribution in [0.5, 0.6) is 11.5 Å². The minimum Gasteiger partial charge on any atom is -0.494 e. The van der Waals surface area contributed by atoms with E-state index in [1.807, 2.05) is 37.3 Å². The molecule has 0 saturated carbocycles. The van der Waals surface area contributed by atoms with Crippen LogP contribution in [0.2, 0.25) is 0 Å². The molecule has 4 heteroatoms. The molecule has 1 N–H and O–H groups in total. The lowest BCUT2D eigenvalue weighted by Crippen LogP contribution is -1.97. The summed E-state index contributed by atoms with van der Waals surface area (Å²) in [5, 5.41) is 0. The number of imidazole rings is 1. The van der Waals surface area contributed by atoms with Crippen molar-refractivity contribution in [2.75, 3.05) is 6.61 Å². The summed E-state index contributed by atoms with van der Waals surface area (Å²) in [6, 6.07) is 11.9. The predicted molar refractivity (Wildman–Crippen MR) is 87.5 cm³/mol. The van der Waals surface area contributed by atoms with E-state index in [1.54, 1.807) is 0 Å². The smallest absolute Gasteiger partial charge is 0.146 e. The third-order valence-electron chi connectivity index (χ3n) is 3.67. The van der Waals surface area contributed by atoms with Crippen molar-refractivity contribution in [2.45, 2.75) is 27.4 Å². The fourth-order valence-electron chi connectivity index (χ4n) is 2.32. The number of aromatic amines is 1. The Morgan fingerprint density at radius 2 is 1.73 bits per heavy atom. The van der Waals surface area contributed by atoms with Gasteiger partial charge in [0.05, 0.1) is 17.6 Å². The SMILES string of the molecule is CCOc1ccc2nc(COc3ccc(C)c(C)c3)[nH]c2c1. The summed E-state index contributed by atoms with van der Waals surface area (Å²) in [6.07, 6.45) is 0. The number of hydrogen-bond acceptors (Lipinski definition) is 3. The van der Waals surface area contributed by atoms with Crippen LogP contribution in [0.1, 0.15) is 23.9 Å². The van der Waals surface area contributed by atoms with Crippen LogP contribution in [0.15, 0.2) is 36.4 Å². The summed E-state index contributed by atoms with van der Waals surface area (Å²) in [7, 11) is 0. The Kier molecular flexibility index (Phi) is 4.00. The first-order valence-electron chi connectivity index (χ1n) is 7.47. The topological polar surface area (TPSA) is 47.1 Å². The highest BCUT2D eigenvalue weighted by atomic mass is 16.5. The first-order chi connectivity index (χ1) is 10.7. The molecule has 2 aromatic carbocycles. The van der Waals surface area contributed by atoms with E-state index in [1.165, 1.54) is 11.1 Å². The van der Waals surface area contributed by atoms with Crippen LogP contribution in [-0.4, -0.2) is 16.6 Å². The van der Waals surface area contributed by atoms with E-state index in [2.05, 4.69) is 29.9 Å². The molecule has 1 aromatic heterocycles. The lowest BCUT2D eigenvalue weighted by Gasteiger charge is -2.06. The zero-order valence-corrected chi connectivity index (χ0v) is 13.1. The van der Waals surface area contributed by atoms with Gasteiger partial charge in [-0.1, -0.05) is 6.07 Å². The lowest BCUT2D eigenvalue weighted by molar-refractivity contribution is 0.297. The molecule has 0 unspecified atom stereocenters. The van der Waals surface area contributed by atoms with Gasteiger partial charge in [-0.25, -0.2) is 4.98 Å². The van der Waals surface area contributed by atoms with Crippen molar-refractivity contribution >= 4 is 11.0 Å². The molecule has 22 heavy (non-hydrogen) atoms. The van der Waals surface area contributed by atoms with Crippen LogP contribution in [0.25, 0.3) is 11.0 Å². The number of aromatic nitrogens is 2. The van der Waals surface area contributed by atoms with Gasteiger partial charge in [0.15, 0.2) is 0 Å². The maximum Gasteiger partial charge on any atom is 0.146 e. The van der Waals surface area contributed by atoms with Gasteiger partial charge < -0.3 is 14.5 Å². The first kappa shape index (κ1) is 14.4. The summed E-state index contributed by atoms with van der Waals surface area (Å²) < 4.78 is 11.3. The number of nitrogens with one attached hydrogen (secondary N) is 1.